The number of nitriles is 1. The lowest BCUT2D eigenvalue weighted by atomic mass is 9.91. The number of halogens is 1. The van der Waals surface area contributed by atoms with Gasteiger partial charge >= 0.3 is 0 Å². The molecule has 0 radical (unpaired) electrons. The van der Waals surface area contributed by atoms with Crippen LogP contribution in [0.3, 0.4) is 0 Å². The predicted molar refractivity (Wildman–Crippen MR) is 65.2 cm³/mol. The SMILES string of the molecule is Cc1cc(F)cc(NC2(C#N)CCCNC2)c1. The zero-order valence-corrected chi connectivity index (χ0v) is 9.89. The van der Waals surface area contributed by atoms with Crippen LogP contribution in [-0.2, 0) is 0 Å². The van der Waals surface area contributed by atoms with Crippen LogP contribution in [-0.4, -0.2) is 18.6 Å². The van der Waals surface area contributed by atoms with Crippen molar-refractivity contribution in [2.24, 2.45) is 0 Å². The molecule has 0 aromatic heterocycles. The van der Waals surface area contributed by atoms with Crippen molar-refractivity contribution in [2.75, 3.05) is 18.4 Å². The molecule has 0 spiro atoms. The molecular formula is C13H16FN3. The minimum absolute atomic E-state index is 0.274. The van der Waals surface area contributed by atoms with Crippen LogP contribution >= 0.6 is 0 Å². The first kappa shape index (κ1) is 11.9. The summed E-state index contributed by atoms with van der Waals surface area (Å²) in [5.41, 5.74) is 0.912. The monoisotopic (exact) mass is 233 g/mol. The summed E-state index contributed by atoms with van der Waals surface area (Å²) in [5, 5.41) is 15.7. The molecule has 1 fully saturated rings. The molecule has 3 nitrogen and oxygen atoms in total. The van der Waals surface area contributed by atoms with Crippen molar-refractivity contribution >= 4 is 5.69 Å². The number of hydrogen-bond donors (Lipinski definition) is 2. The fraction of sp³-hybridized carbons (Fsp3) is 0.462. The van der Waals surface area contributed by atoms with Gasteiger partial charge in [0.15, 0.2) is 0 Å². The Morgan fingerprint density at radius 1 is 1.47 bits per heavy atom. The third-order valence-electron chi connectivity index (χ3n) is 3.02. The maximum Gasteiger partial charge on any atom is 0.138 e. The van der Waals surface area contributed by atoms with E-state index in [0.29, 0.717) is 12.2 Å². The summed E-state index contributed by atoms with van der Waals surface area (Å²) >= 11 is 0. The Kier molecular flexibility index (Phi) is 3.30. The summed E-state index contributed by atoms with van der Waals surface area (Å²) in [6.45, 7) is 3.37. The Balaban J connectivity index is 2.21. The second-order valence-electron chi connectivity index (χ2n) is 4.62. The summed E-state index contributed by atoms with van der Waals surface area (Å²) in [5.74, 6) is -0.274. The third-order valence-corrected chi connectivity index (χ3v) is 3.02. The van der Waals surface area contributed by atoms with E-state index in [0.717, 1.165) is 24.9 Å². The number of benzene rings is 1. The van der Waals surface area contributed by atoms with Crippen molar-refractivity contribution < 1.29 is 4.39 Å². The highest BCUT2D eigenvalue weighted by molar-refractivity contribution is 5.50. The van der Waals surface area contributed by atoms with Gasteiger partial charge in [0.1, 0.15) is 11.4 Å². The van der Waals surface area contributed by atoms with E-state index in [1.54, 1.807) is 0 Å². The van der Waals surface area contributed by atoms with E-state index < -0.39 is 5.54 Å². The van der Waals surface area contributed by atoms with Crippen molar-refractivity contribution in [3.8, 4) is 6.07 Å². The molecule has 1 aromatic carbocycles. The molecular weight excluding hydrogens is 217 g/mol. The van der Waals surface area contributed by atoms with Gasteiger partial charge in [0.05, 0.1) is 6.07 Å². The Labute approximate surface area is 101 Å². The van der Waals surface area contributed by atoms with Gasteiger partial charge in [-0.1, -0.05) is 0 Å². The quantitative estimate of drug-likeness (QED) is 0.823. The van der Waals surface area contributed by atoms with Gasteiger partial charge in [-0.25, -0.2) is 4.39 Å². The lowest BCUT2D eigenvalue weighted by Crippen LogP contribution is -2.50. The number of aryl methyl sites for hydroxylation is 1. The van der Waals surface area contributed by atoms with Crippen molar-refractivity contribution in [2.45, 2.75) is 25.3 Å². The van der Waals surface area contributed by atoms with Crippen molar-refractivity contribution in [1.29, 1.82) is 5.26 Å². The maximum atomic E-state index is 13.3. The average molecular weight is 233 g/mol. The van der Waals surface area contributed by atoms with Crippen LogP contribution in [0.15, 0.2) is 18.2 Å². The van der Waals surface area contributed by atoms with Crippen LogP contribution in [0, 0.1) is 24.1 Å². The number of anilines is 1. The second kappa shape index (κ2) is 4.72. The fourth-order valence-corrected chi connectivity index (χ4v) is 2.22. The molecule has 0 amide bonds. The lowest BCUT2D eigenvalue weighted by molar-refractivity contribution is 0.411. The molecule has 1 heterocycles. The smallest absolute Gasteiger partial charge is 0.138 e. The molecule has 0 aliphatic carbocycles. The van der Waals surface area contributed by atoms with Gasteiger partial charge < -0.3 is 10.6 Å². The van der Waals surface area contributed by atoms with Crippen LogP contribution in [0.25, 0.3) is 0 Å². The third kappa shape index (κ3) is 2.75. The van der Waals surface area contributed by atoms with Crippen molar-refractivity contribution in [3.63, 3.8) is 0 Å². The minimum atomic E-state index is -0.613. The second-order valence-corrected chi connectivity index (χ2v) is 4.62. The molecule has 17 heavy (non-hydrogen) atoms. The molecule has 90 valence electrons. The first-order valence-electron chi connectivity index (χ1n) is 5.81. The highest BCUT2D eigenvalue weighted by Gasteiger charge is 2.31. The molecule has 2 rings (SSSR count). The number of piperidine rings is 1. The number of nitrogens with zero attached hydrogens (tertiary/aromatic N) is 1. The minimum Gasteiger partial charge on any atom is -0.366 e. The first-order chi connectivity index (χ1) is 8.13. The summed E-state index contributed by atoms with van der Waals surface area (Å²) in [4.78, 5) is 0. The Bertz CT molecular complexity index is 424. The Morgan fingerprint density at radius 2 is 2.29 bits per heavy atom. The van der Waals surface area contributed by atoms with Gasteiger partial charge in [-0.15, -0.1) is 0 Å². The molecule has 1 aromatic rings. The molecule has 4 heteroatoms. The van der Waals surface area contributed by atoms with E-state index >= 15 is 0 Å². The van der Waals surface area contributed by atoms with Gasteiger partial charge in [-0.2, -0.15) is 5.26 Å². The van der Waals surface area contributed by atoms with Gasteiger partial charge in [0.2, 0.25) is 0 Å². The first-order valence-corrected chi connectivity index (χ1v) is 5.81. The molecule has 2 N–H and O–H groups in total. The average Bonchev–Trinajstić information content (AvgIpc) is 2.29. The number of nitrogens with one attached hydrogen (secondary N) is 2. The molecule has 0 bridgehead atoms. The van der Waals surface area contributed by atoms with Crippen molar-refractivity contribution in [3.05, 3.63) is 29.6 Å². The van der Waals surface area contributed by atoms with Gasteiger partial charge in [0.25, 0.3) is 0 Å². The van der Waals surface area contributed by atoms with Crippen LogP contribution in [0.2, 0.25) is 0 Å². The predicted octanol–water partition coefficient (Wildman–Crippen LogP) is 2.19. The summed E-state index contributed by atoms with van der Waals surface area (Å²) < 4.78 is 13.3. The van der Waals surface area contributed by atoms with Crippen LogP contribution in [0.4, 0.5) is 10.1 Å². The normalized spacial score (nSPS) is 24.1. The highest BCUT2D eigenvalue weighted by atomic mass is 19.1. The van der Waals surface area contributed by atoms with E-state index in [1.807, 2.05) is 13.0 Å². The van der Waals surface area contributed by atoms with Gasteiger partial charge in [0, 0.05) is 12.2 Å². The topological polar surface area (TPSA) is 47.9 Å². The molecule has 1 aliphatic heterocycles. The maximum absolute atomic E-state index is 13.3. The summed E-state index contributed by atoms with van der Waals surface area (Å²) in [7, 11) is 0. The number of rotatable bonds is 2. The Morgan fingerprint density at radius 3 is 2.88 bits per heavy atom. The largest absolute Gasteiger partial charge is 0.366 e. The lowest BCUT2D eigenvalue weighted by Gasteiger charge is -2.33. The van der Waals surface area contributed by atoms with Gasteiger partial charge in [-0.3, -0.25) is 0 Å². The molecule has 1 unspecified atom stereocenters. The Hall–Kier alpha value is -1.60. The van der Waals surface area contributed by atoms with Crippen LogP contribution in [0.5, 0.6) is 0 Å². The standard InChI is InChI=1S/C13H16FN3/c1-10-5-11(14)7-12(6-10)17-13(8-15)3-2-4-16-9-13/h5-7,16-17H,2-4,9H2,1H3. The van der Waals surface area contributed by atoms with E-state index in [1.165, 1.54) is 12.1 Å². The molecule has 1 aliphatic rings. The van der Waals surface area contributed by atoms with Crippen LogP contribution < -0.4 is 10.6 Å². The summed E-state index contributed by atoms with van der Waals surface area (Å²) in [6, 6.07) is 7.07. The van der Waals surface area contributed by atoms with Crippen molar-refractivity contribution in [1.82, 2.24) is 5.32 Å². The van der Waals surface area contributed by atoms with E-state index in [2.05, 4.69) is 16.7 Å². The van der Waals surface area contributed by atoms with Gasteiger partial charge in [-0.05, 0) is 50.1 Å². The zero-order valence-electron chi connectivity index (χ0n) is 9.89. The molecule has 1 atom stereocenters. The number of hydrogen-bond acceptors (Lipinski definition) is 3. The van der Waals surface area contributed by atoms with E-state index in [9.17, 15) is 9.65 Å². The highest BCUT2D eigenvalue weighted by Crippen LogP contribution is 2.23. The summed E-state index contributed by atoms with van der Waals surface area (Å²) in [6.07, 6.45) is 1.74. The zero-order chi connectivity index (χ0) is 12.3. The van der Waals surface area contributed by atoms with Crippen LogP contribution in [0.1, 0.15) is 18.4 Å². The molecule has 1 saturated heterocycles. The molecule has 0 saturated carbocycles. The van der Waals surface area contributed by atoms with E-state index in [4.69, 9.17) is 0 Å². The fourth-order valence-electron chi connectivity index (χ4n) is 2.22. The van der Waals surface area contributed by atoms with E-state index in [-0.39, 0.29) is 5.82 Å².